The Hall–Kier alpha value is -1.94. The smallest absolute Gasteiger partial charge is 0.462 e. The molecule has 17 nitrogen and oxygen atoms in total. The average Bonchev–Trinajstić information content (AvgIpc) is 0.902. The van der Waals surface area contributed by atoms with Crippen molar-refractivity contribution in [2.45, 2.75) is 490 Å². The predicted molar refractivity (Wildman–Crippen MR) is 442 cm³/mol. The van der Waals surface area contributed by atoms with Gasteiger partial charge >= 0.3 is 39.5 Å². The third-order valence-corrected chi connectivity index (χ3v) is 22.6. The molecule has 0 bridgehead atoms. The Morgan fingerprint density at radius 3 is 0.636 bits per heavy atom. The monoisotopic (exact) mass is 1560 g/mol. The molecule has 0 aromatic carbocycles. The molecule has 0 spiro atoms. The molecule has 3 N–H and O–H groups in total. The largest absolute Gasteiger partial charge is 0.472 e. The number of carbonyl (C=O) groups excluding carboxylic acids is 4. The summed E-state index contributed by atoms with van der Waals surface area (Å²) in [6.07, 6.45) is 72.5. The molecule has 0 aliphatic carbocycles. The molecule has 0 aromatic heterocycles. The van der Waals surface area contributed by atoms with Crippen molar-refractivity contribution in [1.82, 2.24) is 0 Å². The molecule has 0 aromatic rings. The van der Waals surface area contributed by atoms with Crippen molar-refractivity contribution in [1.29, 1.82) is 0 Å². The normalized spacial score (nSPS) is 13.8. The lowest BCUT2D eigenvalue weighted by Gasteiger charge is -2.21. The number of aliphatic hydroxyl groups excluding tert-OH is 1. The van der Waals surface area contributed by atoms with Crippen LogP contribution in [0.4, 0.5) is 0 Å². The molecular weight excluding hydrogens is 1390 g/mol. The number of unbranched alkanes of at least 4 members (excludes halogenated alkanes) is 57. The Morgan fingerprint density at radius 1 is 0.252 bits per heavy atom. The van der Waals surface area contributed by atoms with Crippen molar-refractivity contribution in [3.05, 3.63) is 0 Å². The molecule has 0 saturated carbocycles. The number of phosphoric acid groups is 2. The summed E-state index contributed by atoms with van der Waals surface area (Å²) in [5, 5.41) is 10.7. The summed E-state index contributed by atoms with van der Waals surface area (Å²) >= 11 is 0. The third-order valence-electron chi connectivity index (χ3n) is 20.7. The maximum atomic E-state index is 13.2. The van der Waals surface area contributed by atoms with Crippen LogP contribution in [0.1, 0.15) is 472 Å². The van der Waals surface area contributed by atoms with E-state index in [2.05, 4.69) is 41.5 Å². The van der Waals surface area contributed by atoms with Crippen LogP contribution >= 0.6 is 15.6 Å². The van der Waals surface area contributed by atoms with Gasteiger partial charge in [0.05, 0.1) is 26.4 Å². The second-order valence-electron chi connectivity index (χ2n) is 32.6. The van der Waals surface area contributed by atoms with Gasteiger partial charge in [0.1, 0.15) is 19.3 Å². The van der Waals surface area contributed by atoms with Gasteiger partial charge in [-0.2, -0.15) is 0 Å². The first-order valence-corrected chi connectivity index (χ1v) is 48.5. The minimum Gasteiger partial charge on any atom is -0.462 e. The Bertz CT molecular complexity index is 2050. The van der Waals surface area contributed by atoms with Gasteiger partial charge in [0.15, 0.2) is 12.2 Å². The predicted octanol–water partition coefficient (Wildman–Crippen LogP) is 27.0. The second-order valence-corrected chi connectivity index (χ2v) is 35.5. The van der Waals surface area contributed by atoms with E-state index in [-0.39, 0.29) is 25.7 Å². The summed E-state index contributed by atoms with van der Waals surface area (Å²) in [7, 11) is -9.93. The quantitative estimate of drug-likeness (QED) is 0.0222. The fourth-order valence-electron chi connectivity index (χ4n) is 13.8. The van der Waals surface area contributed by atoms with Crippen molar-refractivity contribution < 1.29 is 80.2 Å². The summed E-state index contributed by atoms with van der Waals surface area (Å²) in [4.78, 5) is 73.2. The second kappa shape index (κ2) is 79.3. The molecule has 5 atom stereocenters. The van der Waals surface area contributed by atoms with E-state index in [9.17, 15) is 43.2 Å². The van der Waals surface area contributed by atoms with Gasteiger partial charge in [-0.25, -0.2) is 9.13 Å². The van der Waals surface area contributed by atoms with Crippen LogP contribution in [0.3, 0.4) is 0 Å². The van der Waals surface area contributed by atoms with E-state index in [4.69, 9.17) is 37.0 Å². The first kappa shape index (κ1) is 105. The van der Waals surface area contributed by atoms with E-state index in [1.165, 1.54) is 283 Å². The summed E-state index contributed by atoms with van der Waals surface area (Å²) in [6.45, 7) is 9.63. The minimum absolute atomic E-state index is 0.108. The summed E-state index contributed by atoms with van der Waals surface area (Å²) in [6, 6.07) is 0. The van der Waals surface area contributed by atoms with E-state index in [0.29, 0.717) is 31.6 Å². The summed E-state index contributed by atoms with van der Waals surface area (Å²) in [5.74, 6) is -0.611. The third kappa shape index (κ3) is 81.9. The number of aliphatic hydroxyl groups is 1. The standard InChI is InChI=1S/C88H172O17P2/c1-7-9-11-13-15-17-19-21-23-25-27-28-29-31-37-41-45-49-53-61-66-72-87(92)104-83(76-98-85(90)70-64-58-51-47-43-39-35-33-32-34-38-42-46-50-56-62-68-80(3)4)78-102-106(94,95)100-74-82(89)75-101-107(96,97)103-79-84(77-99-86(91)71-65-59-55-54-57-63-69-81(5)6)105-88(93)73-67-60-52-48-44-40-36-30-26-24-22-20-18-16-14-12-10-8-2/h80-84,89H,7-79H2,1-6H3,(H,94,95)(H,96,97)/t82-,83-,84-/m1/s1. The van der Waals surface area contributed by atoms with Gasteiger partial charge in [-0.1, -0.05) is 420 Å². The fraction of sp³-hybridized carbons (Fsp3) is 0.955. The van der Waals surface area contributed by atoms with Crippen LogP contribution in [-0.2, 0) is 65.4 Å². The van der Waals surface area contributed by atoms with Crippen molar-refractivity contribution >= 4 is 39.5 Å². The number of rotatable bonds is 87. The zero-order valence-corrected chi connectivity index (χ0v) is 72.2. The van der Waals surface area contributed by atoms with Crippen molar-refractivity contribution in [2.75, 3.05) is 39.6 Å². The molecule has 2 unspecified atom stereocenters. The molecule has 0 fully saturated rings. The van der Waals surface area contributed by atoms with Crippen LogP contribution < -0.4 is 0 Å². The van der Waals surface area contributed by atoms with E-state index in [1.807, 2.05) is 0 Å². The van der Waals surface area contributed by atoms with E-state index in [1.54, 1.807) is 0 Å². The van der Waals surface area contributed by atoms with Crippen LogP contribution in [0.5, 0.6) is 0 Å². The van der Waals surface area contributed by atoms with Gasteiger partial charge in [0, 0.05) is 25.7 Å². The Labute approximate surface area is 658 Å². The van der Waals surface area contributed by atoms with Crippen LogP contribution in [0, 0.1) is 11.8 Å². The highest BCUT2D eigenvalue weighted by Crippen LogP contribution is 2.45. The number of hydrogen-bond acceptors (Lipinski definition) is 15. The molecule has 0 amide bonds. The van der Waals surface area contributed by atoms with E-state index in [0.717, 1.165) is 102 Å². The molecule has 0 radical (unpaired) electrons. The zero-order valence-electron chi connectivity index (χ0n) is 70.5. The summed E-state index contributed by atoms with van der Waals surface area (Å²) < 4.78 is 68.9. The molecule has 0 aliphatic rings. The Balaban J connectivity index is 5.20. The first-order valence-electron chi connectivity index (χ1n) is 45.5. The number of phosphoric ester groups is 2. The van der Waals surface area contributed by atoms with Gasteiger partial charge in [-0.3, -0.25) is 37.3 Å². The number of esters is 4. The highest BCUT2D eigenvalue weighted by Gasteiger charge is 2.30. The lowest BCUT2D eigenvalue weighted by molar-refractivity contribution is -0.161. The summed E-state index contributed by atoms with van der Waals surface area (Å²) in [5.41, 5.74) is 0. The van der Waals surface area contributed by atoms with Gasteiger partial charge in [-0.05, 0) is 37.5 Å². The lowest BCUT2D eigenvalue weighted by atomic mass is 10.0. The molecule has 0 rings (SSSR count). The van der Waals surface area contributed by atoms with Gasteiger partial charge in [0.25, 0.3) is 0 Å². The average molecular weight is 1560 g/mol. The molecule has 0 heterocycles. The van der Waals surface area contributed by atoms with Crippen molar-refractivity contribution in [3.63, 3.8) is 0 Å². The van der Waals surface area contributed by atoms with Crippen LogP contribution in [0.15, 0.2) is 0 Å². The Kier molecular flexibility index (Phi) is 77.9. The number of carbonyl (C=O) groups is 4. The SMILES string of the molecule is CCCCCCCCCCCCCCCCCCCCCCCC(=O)O[C@H](COC(=O)CCCCCCCCCCCCCCCCCCC(C)C)COP(=O)(O)OC[C@@H](O)COP(=O)(O)OC[C@@H](COC(=O)CCCCCCCCC(C)C)OC(=O)CCCCCCCCCCCCCCCCCCCC. The van der Waals surface area contributed by atoms with Crippen LogP contribution in [0.25, 0.3) is 0 Å². The van der Waals surface area contributed by atoms with Gasteiger partial charge < -0.3 is 33.8 Å². The fourth-order valence-corrected chi connectivity index (χ4v) is 15.4. The van der Waals surface area contributed by atoms with Crippen LogP contribution in [-0.4, -0.2) is 96.7 Å². The maximum absolute atomic E-state index is 13.2. The highest BCUT2D eigenvalue weighted by molar-refractivity contribution is 7.47. The number of ether oxygens (including phenoxy) is 4. The lowest BCUT2D eigenvalue weighted by Crippen LogP contribution is -2.30. The molecular formula is C88H172O17P2. The number of hydrogen-bond donors (Lipinski definition) is 3. The van der Waals surface area contributed by atoms with E-state index < -0.39 is 97.5 Å². The molecule has 19 heteroatoms. The van der Waals surface area contributed by atoms with Crippen molar-refractivity contribution in [3.8, 4) is 0 Å². The topological polar surface area (TPSA) is 237 Å². The van der Waals surface area contributed by atoms with Crippen LogP contribution in [0.2, 0.25) is 0 Å². The maximum Gasteiger partial charge on any atom is 0.472 e. The zero-order chi connectivity index (χ0) is 78.5. The molecule has 636 valence electrons. The first-order chi connectivity index (χ1) is 51.9. The van der Waals surface area contributed by atoms with E-state index >= 15 is 0 Å². The van der Waals surface area contributed by atoms with Gasteiger partial charge in [0.2, 0.25) is 0 Å². The minimum atomic E-state index is -4.97. The van der Waals surface area contributed by atoms with Gasteiger partial charge in [-0.15, -0.1) is 0 Å². The molecule has 107 heavy (non-hydrogen) atoms. The Morgan fingerprint density at radius 2 is 0.430 bits per heavy atom. The highest BCUT2D eigenvalue weighted by atomic mass is 31.2. The molecule has 0 aliphatic heterocycles. The van der Waals surface area contributed by atoms with Crippen molar-refractivity contribution in [2.24, 2.45) is 11.8 Å². The molecule has 0 saturated heterocycles.